The van der Waals surface area contributed by atoms with Gasteiger partial charge in [-0.15, -0.1) is 11.3 Å². The third-order valence-electron chi connectivity index (χ3n) is 9.52. The van der Waals surface area contributed by atoms with Crippen molar-refractivity contribution in [3.05, 3.63) is 70.6 Å². The average molecular weight is 703 g/mol. The molecule has 0 unspecified atom stereocenters. The zero-order valence-electron chi connectivity index (χ0n) is 26.1. The standard InChI is InChI=1S/C33H37F2N4O7PS/c34-33(35,47(44,45)46)23-10-13-27-22(19-23)20-28(48-27)30(41)36-25-9-5-4-8-24-11-12-26(39(24)31(25)42)32(43)38-16-14-37(15-17-38)29(40)18-21-6-2-1-3-7-21/h1-3,6-7,10,13,19-20,24-26H,4-5,8-9,11-12,14-18H2,(H,36,41)(H2,44,45,46)/t24-,25-,26-/m0/s1. The van der Waals surface area contributed by atoms with Gasteiger partial charge in [-0.1, -0.05) is 49.2 Å². The van der Waals surface area contributed by atoms with Gasteiger partial charge in [-0.25, -0.2) is 0 Å². The highest BCUT2D eigenvalue weighted by Crippen LogP contribution is 2.59. The highest BCUT2D eigenvalue weighted by Gasteiger charge is 2.50. The quantitative estimate of drug-likeness (QED) is 0.315. The average Bonchev–Trinajstić information content (AvgIpc) is 3.69. The second-order valence-corrected chi connectivity index (χ2v) is 15.4. The van der Waals surface area contributed by atoms with Crippen LogP contribution in [0.25, 0.3) is 10.1 Å². The molecule has 1 aromatic heterocycles. The number of carbonyl (C=O) groups excluding carboxylic acids is 4. The van der Waals surface area contributed by atoms with Crippen molar-refractivity contribution in [2.24, 2.45) is 0 Å². The van der Waals surface area contributed by atoms with Crippen molar-refractivity contribution in [3.63, 3.8) is 0 Å². The molecule has 0 bridgehead atoms. The number of amides is 4. The van der Waals surface area contributed by atoms with Crippen LogP contribution < -0.4 is 5.32 Å². The van der Waals surface area contributed by atoms with E-state index in [0.29, 0.717) is 63.0 Å². The molecule has 0 aliphatic carbocycles. The number of piperazine rings is 1. The van der Waals surface area contributed by atoms with Crippen LogP contribution in [0.15, 0.2) is 54.6 Å². The first-order valence-corrected chi connectivity index (χ1v) is 18.5. The molecule has 3 saturated heterocycles. The number of hydrogen-bond acceptors (Lipinski definition) is 6. The summed E-state index contributed by atoms with van der Waals surface area (Å²) in [6.07, 6.45) is 4.15. The van der Waals surface area contributed by atoms with Crippen LogP contribution in [0, 0.1) is 0 Å². The smallest absolute Gasteiger partial charge is 0.340 e. The monoisotopic (exact) mass is 702 g/mol. The molecule has 3 aromatic rings. The molecule has 11 nitrogen and oxygen atoms in total. The third-order valence-corrected chi connectivity index (χ3v) is 11.6. The van der Waals surface area contributed by atoms with Crippen molar-refractivity contribution in [2.45, 2.75) is 68.7 Å². The molecule has 6 rings (SSSR count). The molecule has 4 amide bonds. The first-order valence-electron chi connectivity index (χ1n) is 16.0. The fourth-order valence-corrected chi connectivity index (χ4v) is 8.34. The summed E-state index contributed by atoms with van der Waals surface area (Å²) in [5.74, 6) is -1.05. The molecule has 3 fully saturated rings. The first-order chi connectivity index (χ1) is 22.8. The van der Waals surface area contributed by atoms with Gasteiger partial charge in [0.05, 0.1) is 11.3 Å². The van der Waals surface area contributed by atoms with E-state index < -0.39 is 36.8 Å². The van der Waals surface area contributed by atoms with Crippen LogP contribution in [0.5, 0.6) is 0 Å². The number of hydrogen-bond donors (Lipinski definition) is 3. The number of alkyl halides is 2. The lowest BCUT2D eigenvalue weighted by atomic mass is 9.99. The molecule has 256 valence electrons. The maximum absolute atomic E-state index is 14.3. The molecule has 3 N–H and O–H groups in total. The van der Waals surface area contributed by atoms with Gasteiger partial charge in [0.25, 0.3) is 5.91 Å². The number of halogens is 2. The molecule has 2 aromatic carbocycles. The summed E-state index contributed by atoms with van der Waals surface area (Å²) in [7, 11) is -5.76. The fraction of sp³-hybridized carbons (Fsp3) is 0.455. The molecule has 3 atom stereocenters. The van der Waals surface area contributed by atoms with Crippen LogP contribution in [0.3, 0.4) is 0 Å². The van der Waals surface area contributed by atoms with Gasteiger partial charge in [-0.2, -0.15) is 8.78 Å². The Morgan fingerprint density at radius 3 is 2.31 bits per heavy atom. The van der Waals surface area contributed by atoms with Gasteiger partial charge in [0.2, 0.25) is 17.7 Å². The number of fused-ring (bicyclic) bond motifs is 2. The zero-order chi connectivity index (χ0) is 34.2. The van der Waals surface area contributed by atoms with Crippen molar-refractivity contribution >= 4 is 52.6 Å². The highest BCUT2D eigenvalue weighted by molar-refractivity contribution is 7.52. The summed E-state index contributed by atoms with van der Waals surface area (Å²) in [5, 5.41) is 3.03. The van der Waals surface area contributed by atoms with E-state index in [4.69, 9.17) is 9.79 Å². The van der Waals surface area contributed by atoms with Crippen molar-refractivity contribution in [3.8, 4) is 0 Å². The molecule has 0 radical (unpaired) electrons. The van der Waals surface area contributed by atoms with E-state index in [1.165, 1.54) is 12.1 Å². The van der Waals surface area contributed by atoms with E-state index in [1.807, 2.05) is 30.3 Å². The van der Waals surface area contributed by atoms with Crippen molar-refractivity contribution in [2.75, 3.05) is 26.2 Å². The van der Waals surface area contributed by atoms with Crippen LogP contribution >= 0.6 is 18.9 Å². The Morgan fingerprint density at radius 1 is 0.917 bits per heavy atom. The van der Waals surface area contributed by atoms with E-state index in [1.54, 1.807) is 14.7 Å². The fourth-order valence-electron chi connectivity index (χ4n) is 6.92. The Kier molecular flexibility index (Phi) is 9.72. The van der Waals surface area contributed by atoms with E-state index in [-0.39, 0.29) is 34.0 Å². The number of nitrogens with zero attached hydrogens (tertiary/aromatic N) is 3. The van der Waals surface area contributed by atoms with E-state index in [0.717, 1.165) is 41.9 Å². The van der Waals surface area contributed by atoms with Gasteiger partial charge in [-0.05, 0) is 54.8 Å². The Balaban J connectivity index is 1.11. The molecular formula is C33H37F2N4O7PS. The summed E-state index contributed by atoms with van der Waals surface area (Å²) in [5.41, 5.74) is -4.32. The van der Waals surface area contributed by atoms with E-state index in [2.05, 4.69) is 5.32 Å². The van der Waals surface area contributed by atoms with Crippen molar-refractivity contribution in [1.82, 2.24) is 20.0 Å². The lowest BCUT2D eigenvalue weighted by molar-refractivity contribution is -0.149. The second-order valence-electron chi connectivity index (χ2n) is 12.6. The Bertz CT molecular complexity index is 1760. The molecular weight excluding hydrogens is 665 g/mol. The molecule has 4 heterocycles. The Hall–Kier alpha value is -3.71. The minimum atomic E-state index is -5.76. The molecule has 48 heavy (non-hydrogen) atoms. The lowest BCUT2D eigenvalue weighted by Gasteiger charge is -2.39. The maximum Gasteiger partial charge on any atom is 0.399 e. The van der Waals surface area contributed by atoms with Gasteiger partial charge >= 0.3 is 13.3 Å². The third kappa shape index (κ3) is 6.89. The zero-order valence-corrected chi connectivity index (χ0v) is 27.8. The summed E-state index contributed by atoms with van der Waals surface area (Å²) in [6.45, 7) is 1.56. The predicted molar refractivity (Wildman–Crippen MR) is 174 cm³/mol. The molecule has 3 aliphatic heterocycles. The molecule has 0 saturated carbocycles. The summed E-state index contributed by atoms with van der Waals surface area (Å²) >= 11 is 1.01. The van der Waals surface area contributed by atoms with Crippen LogP contribution in [0.1, 0.15) is 59.3 Å². The summed E-state index contributed by atoms with van der Waals surface area (Å²) < 4.78 is 40.4. The minimum absolute atomic E-state index is 0.00455. The van der Waals surface area contributed by atoms with E-state index in [9.17, 15) is 32.5 Å². The Labute approximate surface area is 280 Å². The number of thiophene rings is 1. The number of benzene rings is 2. The van der Waals surface area contributed by atoms with Gasteiger partial charge in [0, 0.05) is 42.5 Å². The number of carbonyl (C=O) groups is 4. The summed E-state index contributed by atoms with van der Waals surface area (Å²) in [6, 6.07) is 12.3. The van der Waals surface area contributed by atoms with Crippen molar-refractivity contribution in [1.29, 1.82) is 0 Å². The van der Waals surface area contributed by atoms with Gasteiger partial charge in [0.1, 0.15) is 12.1 Å². The second kappa shape index (κ2) is 13.7. The molecule has 0 spiro atoms. The van der Waals surface area contributed by atoms with Crippen LogP contribution in [-0.2, 0) is 31.0 Å². The van der Waals surface area contributed by atoms with Gasteiger partial charge in [0.15, 0.2) is 0 Å². The normalized spacial score (nSPS) is 22.3. The van der Waals surface area contributed by atoms with Crippen LogP contribution in [-0.4, -0.2) is 92.4 Å². The van der Waals surface area contributed by atoms with Gasteiger partial charge < -0.3 is 29.8 Å². The summed E-state index contributed by atoms with van der Waals surface area (Å²) in [4.78, 5) is 77.6. The first kappa shape index (κ1) is 34.2. The number of nitrogens with one attached hydrogen (secondary N) is 1. The highest BCUT2D eigenvalue weighted by atomic mass is 32.1. The molecule has 15 heteroatoms. The van der Waals surface area contributed by atoms with Crippen LogP contribution in [0.4, 0.5) is 8.78 Å². The number of rotatable bonds is 7. The van der Waals surface area contributed by atoms with Gasteiger partial charge in [-0.3, -0.25) is 23.7 Å². The molecule has 3 aliphatic rings. The lowest BCUT2D eigenvalue weighted by Crippen LogP contribution is -2.59. The predicted octanol–water partition coefficient (Wildman–Crippen LogP) is 4.07. The maximum atomic E-state index is 14.3. The topological polar surface area (TPSA) is 148 Å². The minimum Gasteiger partial charge on any atom is -0.340 e. The largest absolute Gasteiger partial charge is 0.399 e. The van der Waals surface area contributed by atoms with Crippen molar-refractivity contribution < 1.29 is 42.3 Å². The SMILES string of the molecule is O=C(N[C@H]1CCCC[C@H]2CC[C@@H](C(=O)N3CCN(C(=O)Cc4ccccc4)CC3)N2C1=O)c1cc2cc(C(F)(F)P(=O)(O)O)ccc2s1. The van der Waals surface area contributed by atoms with Crippen LogP contribution in [0.2, 0.25) is 0 Å². The van der Waals surface area contributed by atoms with E-state index >= 15 is 0 Å². The Morgan fingerprint density at radius 2 is 1.60 bits per heavy atom.